The molecule has 90 valence electrons. The van der Waals surface area contributed by atoms with Gasteiger partial charge in [0.25, 0.3) is 0 Å². The second-order valence-electron chi connectivity index (χ2n) is 4.16. The van der Waals surface area contributed by atoms with Crippen molar-refractivity contribution in [2.75, 3.05) is 12.0 Å². The molecule has 0 aliphatic rings. The molecule has 0 saturated carbocycles. The van der Waals surface area contributed by atoms with Gasteiger partial charge in [-0.15, -0.1) is 0 Å². The third-order valence-corrected chi connectivity index (χ3v) is 3.54. The highest BCUT2D eigenvalue weighted by Gasteiger charge is 2.16. The molecule has 0 spiro atoms. The maximum absolute atomic E-state index is 11.2. The van der Waals surface area contributed by atoms with Crippen LogP contribution >= 0.6 is 0 Å². The Kier molecular flexibility index (Phi) is 4.07. The highest BCUT2D eigenvalue weighted by Crippen LogP contribution is 2.17. The van der Waals surface area contributed by atoms with Gasteiger partial charge in [0.15, 0.2) is 0 Å². The molecule has 0 heterocycles. The molecule has 1 unspecified atom stereocenters. The van der Waals surface area contributed by atoms with Crippen molar-refractivity contribution in [2.24, 2.45) is 5.84 Å². The first kappa shape index (κ1) is 13.2. The van der Waals surface area contributed by atoms with Gasteiger partial charge in [-0.1, -0.05) is 18.2 Å². The second kappa shape index (κ2) is 4.95. The van der Waals surface area contributed by atoms with Crippen molar-refractivity contribution in [1.29, 1.82) is 0 Å². The Hall–Kier alpha value is -0.910. The van der Waals surface area contributed by atoms with Crippen molar-refractivity contribution < 1.29 is 8.42 Å². The zero-order valence-electron chi connectivity index (χ0n) is 9.82. The summed E-state index contributed by atoms with van der Waals surface area (Å²) in [6.07, 6.45) is 1.21. The topological polar surface area (TPSA) is 72.2 Å². The predicted molar refractivity (Wildman–Crippen MR) is 65.7 cm³/mol. The third kappa shape index (κ3) is 3.59. The van der Waals surface area contributed by atoms with Crippen molar-refractivity contribution in [2.45, 2.75) is 19.9 Å². The van der Waals surface area contributed by atoms with Crippen LogP contribution in [0.1, 0.15) is 22.7 Å². The van der Waals surface area contributed by atoms with E-state index in [0.717, 1.165) is 11.1 Å². The Balaban J connectivity index is 3.00. The summed E-state index contributed by atoms with van der Waals surface area (Å²) in [6.45, 7) is 4.01. The second-order valence-corrected chi connectivity index (χ2v) is 6.34. The zero-order chi connectivity index (χ0) is 12.3. The predicted octanol–water partition coefficient (Wildman–Crippen LogP) is 0.852. The van der Waals surface area contributed by atoms with Crippen LogP contribution in [0, 0.1) is 13.8 Å². The Labute approximate surface area is 96.7 Å². The molecule has 1 atom stereocenters. The Morgan fingerprint density at radius 1 is 1.31 bits per heavy atom. The summed E-state index contributed by atoms with van der Waals surface area (Å²) >= 11 is 0. The molecule has 4 nitrogen and oxygen atoms in total. The average molecular weight is 242 g/mol. The lowest BCUT2D eigenvalue weighted by atomic mass is 10.0. The van der Waals surface area contributed by atoms with Gasteiger partial charge in [0, 0.05) is 6.26 Å². The molecular formula is C11H18N2O2S. The highest BCUT2D eigenvalue weighted by atomic mass is 32.2. The van der Waals surface area contributed by atoms with Crippen molar-refractivity contribution in [3.8, 4) is 0 Å². The van der Waals surface area contributed by atoms with Gasteiger partial charge < -0.3 is 0 Å². The van der Waals surface area contributed by atoms with E-state index in [0.29, 0.717) is 0 Å². The lowest BCUT2D eigenvalue weighted by molar-refractivity contribution is 0.564. The summed E-state index contributed by atoms with van der Waals surface area (Å²) in [7, 11) is -3.05. The number of nitrogens with one attached hydrogen (secondary N) is 1. The lowest BCUT2D eigenvalue weighted by Gasteiger charge is -2.16. The van der Waals surface area contributed by atoms with Gasteiger partial charge in [-0.25, -0.2) is 8.42 Å². The molecule has 0 fully saturated rings. The van der Waals surface area contributed by atoms with E-state index in [1.165, 1.54) is 11.8 Å². The Morgan fingerprint density at radius 3 is 2.38 bits per heavy atom. The summed E-state index contributed by atoms with van der Waals surface area (Å²) in [4.78, 5) is 0. The molecule has 0 aliphatic heterocycles. The number of hydrogen-bond acceptors (Lipinski definition) is 4. The maximum atomic E-state index is 11.2. The fourth-order valence-corrected chi connectivity index (χ4v) is 2.42. The van der Waals surface area contributed by atoms with Gasteiger partial charge in [0.2, 0.25) is 0 Å². The minimum absolute atomic E-state index is 0.00595. The quantitative estimate of drug-likeness (QED) is 0.606. The van der Waals surface area contributed by atoms with Crippen molar-refractivity contribution in [3.05, 3.63) is 34.9 Å². The Morgan fingerprint density at radius 2 is 1.94 bits per heavy atom. The van der Waals surface area contributed by atoms with E-state index in [4.69, 9.17) is 5.84 Å². The number of aryl methyl sites for hydroxylation is 2. The highest BCUT2D eigenvalue weighted by molar-refractivity contribution is 7.90. The van der Waals surface area contributed by atoms with Crippen molar-refractivity contribution in [1.82, 2.24) is 5.43 Å². The van der Waals surface area contributed by atoms with Crippen molar-refractivity contribution >= 4 is 9.84 Å². The monoisotopic (exact) mass is 242 g/mol. The number of sulfone groups is 1. The lowest BCUT2D eigenvalue weighted by Crippen LogP contribution is -2.33. The SMILES string of the molecule is Cc1ccc(C(CS(C)(=O)=O)NN)cc1C. The van der Waals surface area contributed by atoms with E-state index < -0.39 is 9.84 Å². The summed E-state index contributed by atoms with van der Waals surface area (Å²) in [5.74, 6) is 5.39. The van der Waals surface area contributed by atoms with Crippen LogP contribution in [-0.4, -0.2) is 20.4 Å². The fraction of sp³-hybridized carbons (Fsp3) is 0.455. The molecule has 1 aromatic rings. The number of benzene rings is 1. The summed E-state index contributed by atoms with van der Waals surface area (Å²) in [5, 5.41) is 0. The number of rotatable bonds is 4. The van der Waals surface area contributed by atoms with E-state index in [-0.39, 0.29) is 11.8 Å². The molecule has 0 amide bonds. The molecular weight excluding hydrogens is 224 g/mol. The van der Waals surface area contributed by atoms with Gasteiger partial charge in [-0.3, -0.25) is 11.3 Å². The van der Waals surface area contributed by atoms with Crippen LogP contribution in [-0.2, 0) is 9.84 Å². The van der Waals surface area contributed by atoms with Crippen LogP contribution < -0.4 is 11.3 Å². The minimum Gasteiger partial charge on any atom is -0.271 e. The fourth-order valence-electron chi connectivity index (χ4n) is 1.52. The van der Waals surface area contributed by atoms with E-state index in [2.05, 4.69) is 5.43 Å². The first-order valence-corrected chi connectivity index (χ1v) is 7.10. The van der Waals surface area contributed by atoms with Gasteiger partial charge in [-0.05, 0) is 30.5 Å². The molecule has 16 heavy (non-hydrogen) atoms. The largest absolute Gasteiger partial charge is 0.271 e. The molecule has 1 rings (SSSR count). The molecule has 3 N–H and O–H groups in total. The minimum atomic E-state index is -3.05. The Bertz CT molecular complexity index is 469. The molecule has 0 aromatic heterocycles. The summed E-state index contributed by atoms with van der Waals surface area (Å²) < 4.78 is 22.5. The summed E-state index contributed by atoms with van der Waals surface area (Å²) in [5.41, 5.74) is 5.75. The molecule has 5 heteroatoms. The number of hydrogen-bond donors (Lipinski definition) is 2. The normalized spacial score (nSPS) is 13.8. The third-order valence-electron chi connectivity index (χ3n) is 2.60. The molecule has 0 bridgehead atoms. The van der Waals surface area contributed by atoms with Crippen molar-refractivity contribution in [3.63, 3.8) is 0 Å². The smallest absolute Gasteiger partial charge is 0.149 e. The van der Waals surface area contributed by atoms with Crippen LogP contribution in [0.4, 0.5) is 0 Å². The molecule has 0 radical (unpaired) electrons. The summed E-state index contributed by atoms with van der Waals surface area (Å²) in [6, 6.07) is 5.48. The molecule has 0 saturated heterocycles. The van der Waals surface area contributed by atoms with Gasteiger partial charge in [0.1, 0.15) is 9.84 Å². The zero-order valence-corrected chi connectivity index (χ0v) is 10.6. The van der Waals surface area contributed by atoms with E-state index >= 15 is 0 Å². The van der Waals surface area contributed by atoms with E-state index in [1.807, 2.05) is 32.0 Å². The average Bonchev–Trinajstić information content (AvgIpc) is 2.17. The van der Waals surface area contributed by atoms with E-state index in [9.17, 15) is 8.42 Å². The molecule has 1 aromatic carbocycles. The van der Waals surface area contributed by atoms with E-state index in [1.54, 1.807) is 0 Å². The standard InChI is InChI=1S/C11H18N2O2S/c1-8-4-5-10(6-9(8)2)11(13-12)7-16(3,14)15/h4-6,11,13H,7,12H2,1-3H3. The van der Waals surface area contributed by atoms with Gasteiger partial charge in [0.05, 0.1) is 11.8 Å². The van der Waals surface area contributed by atoms with Crippen LogP contribution in [0.15, 0.2) is 18.2 Å². The van der Waals surface area contributed by atoms with Crippen LogP contribution in [0.5, 0.6) is 0 Å². The van der Waals surface area contributed by atoms with Gasteiger partial charge in [-0.2, -0.15) is 0 Å². The first-order valence-electron chi connectivity index (χ1n) is 5.04. The first-order chi connectivity index (χ1) is 7.33. The maximum Gasteiger partial charge on any atom is 0.149 e. The number of hydrazine groups is 1. The van der Waals surface area contributed by atoms with Crippen LogP contribution in [0.25, 0.3) is 0 Å². The van der Waals surface area contributed by atoms with Crippen LogP contribution in [0.3, 0.4) is 0 Å². The number of nitrogens with two attached hydrogens (primary N) is 1. The van der Waals surface area contributed by atoms with Crippen LogP contribution in [0.2, 0.25) is 0 Å². The van der Waals surface area contributed by atoms with Gasteiger partial charge >= 0.3 is 0 Å². The molecule has 0 aliphatic carbocycles.